The Bertz CT molecular complexity index is 1080. The van der Waals surface area contributed by atoms with E-state index in [4.69, 9.17) is 5.73 Å². The van der Waals surface area contributed by atoms with Crippen molar-refractivity contribution in [1.29, 1.82) is 0 Å². The average molecular weight is 355 g/mol. The number of hydrogen-bond acceptors (Lipinski definition) is 5. The summed E-state index contributed by atoms with van der Waals surface area (Å²) in [5.41, 5.74) is 8.17. The maximum absolute atomic E-state index is 12.7. The zero-order valence-corrected chi connectivity index (χ0v) is 14.9. The van der Waals surface area contributed by atoms with Gasteiger partial charge in [-0.1, -0.05) is 12.1 Å². The van der Waals surface area contributed by atoms with Crippen LogP contribution in [0.15, 0.2) is 29.3 Å². The number of aryl methyl sites for hydroxylation is 3. The van der Waals surface area contributed by atoms with E-state index in [1.165, 1.54) is 10.9 Å². The second kappa shape index (κ2) is 6.25. The molecule has 6 nitrogen and oxygen atoms in total. The topological polar surface area (TPSA) is 95.0 Å². The summed E-state index contributed by atoms with van der Waals surface area (Å²) in [6, 6.07) is 5.45. The summed E-state index contributed by atoms with van der Waals surface area (Å²) in [6.07, 6.45) is 1.34. The molecule has 0 unspecified atom stereocenters. The summed E-state index contributed by atoms with van der Waals surface area (Å²) in [7, 11) is 0. The molecule has 25 heavy (non-hydrogen) atoms. The van der Waals surface area contributed by atoms with Crippen LogP contribution in [0, 0.1) is 20.8 Å². The van der Waals surface area contributed by atoms with Crippen LogP contribution in [0.2, 0.25) is 0 Å². The minimum Gasteiger partial charge on any atom is -0.365 e. The van der Waals surface area contributed by atoms with Gasteiger partial charge in [-0.25, -0.2) is 4.98 Å². The molecule has 7 heteroatoms. The molecule has 3 rings (SSSR count). The molecular formula is C18H17N3O3S. The molecule has 2 aromatic heterocycles. The molecule has 0 saturated heterocycles. The molecule has 2 heterocycles. The van der Waals surface area contributed by atoms with Gasteiger partial charge in [-0.2, -0.15) is 0 Å². The van der Waals surface area contributed by atoms with Gasteiger partial charge < -0.3 is 5.73 Å². The molecule has 0 aliphatic rings. The molecular weight excluding hydrogens is 338 g/mol. The average Bonchev–Trinajstić information content (AvgIpc) is 2.90. The van der Waals surface area contributed by atoms with E-state index < -0.39 is 5.91 Å². The lowest BCUT2D eigenvalue weighted by Gasteiger charge is -2.07. The van der Waals surface area contributed by atoms with Crippen molar-refractivity contribution < 1.29 is 9.59 Å². The van der Waals surface area contributed by atoms with E-state index in [0.29, 0.717) is 26.2 Å². The van der Waals surface area contributed by atoms with Crippen molar-refractivity contribution in [3.05, 3.63) is 62.0 Å². The molecule has 1 amide bonds. The van der Waals surface area contributed by atoms with Crippen molar-refractivity contribution in [3.8, 4) is 0 Å². The Morgan fingerprint density at radius 3 is 2.56 bits per heavy atom. The van der Waals surface area contributed by atoms with E-state index in [2.05, 4.69) is 4.98 Å². The number of carbonyl (C=O) groups excluding carboxylic acids is 2. The highest BCUT2D eigenvalue weighted by molar-refractivity contribution is 7.20. The molecule has 0 fully saturated rings. The molecule has 0 spiro atoms. The quantitative estimate of drug-likeness (QED) is 0.727. The van der Waals surface area contributed by atoms with Gasteiger partial charge in [0.1, 0.15) is 4.83 Å². The number of benzene rings is 1. The van der Waals surface area contributed by atoms with Gasteiger partial charge in [-0.05, 0) is 43.5 Å². The third kappa shape index (κ3) is 2.98. The van der Waals surface area contributed by atoms with Crippen LogP contribution < -0.4 is 11.3 Å². The van der Waals surface area contributed by atoms with Gasteiger partial charge in [0.25, 0.3) is 11.5 Å². The SMILES string of the molecule is Cc1ccc(C(=O)Cn2cnc3sc(C(N)=O)c(C)c3c2=O)cc1C. The first-order chi connectivity index (χ1) is 11.8. The minimum atomic E-state index is -0.586. The Morgan fingerprint density at radius 1 is 1.20 bits per heavy atom. The van der Waals surface area contributed by atoms with Crippen LogP contribution in [0.1, 0.15) is 36.7 Å². The van der Waals surface area contributed by atoms with Crippen LogP contribution in [0.25, 0.3) is 10.2 Å². The summed E-state index contributed by atoms with van der Waals surface area (Å²) >= 11 is 1.09. The maximum Gasteiger partial charge on any atom is 0.262 e. The molecule has 0 aliphatic heterocycles. The maximum atomic E-state index is 12.7. The number of hydrogen-bond donors (Lipinski definition) is 1. The second-order valence-electron chi connectivity index (χ2n) is 6.00. The Hall–Kier alpha value is -2.80. The highest BCUT2D eigenvalue weighted by atomic mass is 32.1. The van der Waals surface area contributed by atoms with Gasteiger partial charge in [0.15, 0.2) is 5.78 Å². The van der Waals surface area contributed by atoms with E-state index in [-0.39, 0.29) is 17.9 Å². The van der Waals surface area contributed by atoms with Gasteiger partial charge >= 0.3 is 0 Å². The fourth-order valence-electron chi connectivity index (χ4n) is 2.67. The van der Waals surface area contributed by atoms with Crippen molar-refractivity contribution in [2.75, 3.05) is 0 Å². The third-order valence-electron chi connectivity index (χ3n) is 4.28. The van der Waals surface area contributed by atoms with E-state index in [1.807, 2.05) is 26.0 Å². The van der Waals surface area contributed by atoms with Crippen LogP contribution in [0.5, 0.6) is 0 Å². The molecule has 0 saturated carbocycles. The van der Waals surface area contributed by atoms with Crippen LogP contribution in [0.4, 0.5) is 0 Å². The first-order valence-electron chi connectivity index (χ1n) is 7.68. The fourth-order valence-corrected chi connectivity index (χ4v) is 3.66. The first kappa shape index (κ1) is 17.0. The lowest BCUT2D eigenvalue weighted by atomic mass is 10.0. The largest absolute Gasteiger partial charge is 0.365 e. The summed E-state index contributed by atoms with van der Waals surface area (Å²) < 4.78 is 1.27. The zero-order chi connectivity index (χ0) is 18.3. The molecule has 0 bridgehead atoms. The van der Waals surface area contributed by atoms with Gasteiger partial charge in [0.05, 0.1) is 23.1 Å². The normalized spacial score (nSPS) is 11.0. The Morgan fingerprint density at radius 2 is 1.92 bits per heavy atom. The van der Waals surface area contributed by atoms with Crippen LogP contribution in [-0.2, 0) is 6.54 Å². The van der Waals surface area contributed by atoms with Crippen LogP contribution >= 0.6 is 11.3 Å². The monoisotopic (exact) mass is 355 g/mol. The predicted molar refractivity (Wildman–Crippen MR) is 97.4 cm³/mol. The van der Waals surface area contributed by atoms with Crippen LogP contribution in [0.3, 0.4) is 0 Å². The number of carbonyl (C=O) groups is 2. The highest BCUT2D eigenvalue weighted by Gasteiger charge is 2.18. The lowest BCUT2D eigenvalue weighted by Crippen LogP contribution is -2.24. The number of nitrogens with zero attached hydrogens (tertiary/aromatic N) is 2. The molecule has 128 valence electrons. The van der Waals surface area contributed by atoms with Crippen molar-refractivity contribution in [1.82, 2.24) is 9.55 Å². The number of Topliss-reactive ketones (excluding diaryl/α,β-unsaturated/α-hetero) is 1. The standard InChI is InChI=1S/C18H17N3O3S/c1-9-4-5-12(6-10(9)2)13(22)7-21-8-20-17-14(18(21)24)11(3)15(25-17)16(19)23/h4-6,8H,7H2,1-3H3,(H2,19,23). The van der Waals surface area contributed by atoms with Crippen molar-refractivity contribution in [2.24, 2.45) is 5.73 Å². The number of thiophene rings is 1. The number of ketones is 1. The predicted octanol–water partition coefficient (Wildman–Crippen LogP) is 2.37. The summed E-state index contributed by atoms with van der Waals surface area (Å²) in [6.45, 7) is 5.47. The van der Waals surface area contributed by atoms with Gasteiger partial charge in [-0.15, -0.1) is 11.3 Å². The lowest BCUT2D eigenvalue weighted by molar-refractivity contribution is 0.0968. The summed E-state index contributed by atoms with van der Waals surface area (Å²) in [5.74, 6) is -0.757. The van der Waals surface area contributed by atoms with Gasteiger partial charge in [-0.3, -0.25) is 19.0 Å². The van der Waals surface area contributed by atoms with Crippen LogP contribution in [-0.4, -0.2) is 21.2 Å². The Balaban J connectivity index is 2.01. The summed E-state index contributed by atoms with van der Waals surface area (Å²) in [5, 5.41) is 0.342. The number of fused-ring (bicyclic) bond motifs is 1. The molecule has 0 radical (unpaired) electrons. The number of primary amides is 1. The number of amides is 1. The van der Waals surface area contributed by atoms with Gasteiger partial charge in [0.2, 0.25) is 0 Å². The van der Waals surface area contributed by atoms with Crippen molar-refractivity contribution in [3.63, 3.8) is 0 Å². The van der Waals surface area contributed by atoms with Crippen molar-refractivity contribution >= 4 is 33.2 Å². The first-order valence-corrected chi connectivity index (χ1v) is 8.50. The molecule has 1 aromatic carbocycles. The van der Waals surface area contributed by atoms with Gasteiger partial charge in [0, 0.05) is 5.56 Å². The zero-order valence-electron chi connectivity index (χ0n) is 14.1. The number of rotatable bonds is 4. The number of aromatic nitrogens is 2. The highest BCUT2D eigenvalue weighted by Crippen LogP contribution is 2.26. The molecule has 0 atom stereocenters. The molecule has 3 aromatic rings. The van der Waals surface area contributed by atoms with E-state index in [1.54, 1.807) is 13.0 Å². The smallest absolute Gasteiger partial charge is 0.262 e. The fraction of sp³-hybridized carbons (Fsp3) is 0.222. The van der Waals surface area contributed by atoms with Crippen molar-refractivity contribution in [2.45, 2.75) is 27.3 Å². The third-order valence-corrected chi connectivity index (χ3v) is 5.50. The minimum absolute atomic E-state index is 0.106. The molecule has 0 aliphatic carbocycles. The summed E-state index contributed by atoms with van der Waals surface area (Å²) in [4.78, 5) is 41.6. The Labute approximate surface area is 147 Å². The van der Waals surface area contributed by atoms with E-state index in [0.717, 1.165) is 22.5 Å². The number of nitrogens with two attached hydrogens (primary N) is 1. The van der Waals surface area contributed by atoms with E-state index in [9.17, 15) is 14.4 Å². The Kier molecular flexibility index (Phi) is 4.26. The van der Waals surface area contributed by atoms with E-state index >= 15 is 0 Å². The second-order valence-corrected chi connectivity index (χ2v) is 7.00. The molecule has 2 N–H and O–H groups in total.